The molecule has 7 heteroatoms. The van der Waals surface area contributed by atoms with Gasteiger partial charge in [-0.25, -0.2) is 0 Å². The van der Waals surface area contributed by atoms with E-state index in [1.807, 2.05) is 4.39 Å². The molecular formula is H2FLiO4S. The van der Waals surface area contributed by atoms with Gasteiger partial charge in [-0.1, -0.05) is 0 Å². The molecular weight excluding hydrogens is 122 g/mol. The molecule has 0 unspecified atom stereocenters. The number of hydrogen-bond donors (Lipinski definition) is 1. The average molecular weight is 124 g/mol. The molecule has 0 heterocycles. The summed E-state index contributed by atoms with van der Waals surface area (Å²) in [6.07, 6.45) is 0. The first-order valence-corrected chi connectivity index (χ1v) is 2.20. The Balaban J connectivity index is -0.000000125. The van der Waals surface area contributed by atoms with Crippen LogP contribution >= 0.6 is 0 Å². The molecule has 0 spiro atoms. The third kappa shape index (κ3) is 10.7. The Labute approximate surface area is 53.2 Å². The van der Waals surface area contributed by atoms with Gasteiger partial charge in [-0.2, -0.15) is 8.42 Å². The fraction of sp³-hybridized carbons (Fsp3) is 0. The summed E-state index contributed by atoms with van der Waals surface area (Å²) in [4.78, 5) is 0. The van der Waals surface area contributed by atoms with Crippen molar-refractivity contribution in [2.75, 3.05) is 0 Å². The molecule has 4 nitrogen and oxygen atoms in total. The zero-order valence-electron chi connectivity index (χ0n) is 4.46. The molecule has 0 saturated heterocycles. The van der Waals surface area contributed by atoms with Crippen molar-refractivity contribution >= 4 is 10.4 Å². The topological polar surface area (TPSA) is 63.6 Å². The van der Waals surface area contributed by atoms with E-state index in [1.54, 1.807) is 0 Å². The van der Waals surface area contributed by atoms with Crippen LogP contribution < -0.4 is 18.9 Å². The van der Waals surface area contributed by atoms with Crippen LogP contribution in [0.4, 0.5) is 4.53 Å². The van der Waals surface area contributed by atoms with Crippen molar-refractivity contribution < 1.29 is 42.2 Å². The molecule has 0 fully saturated rings. The SMILES string of the molecule is O=S(=O)(O)OF.[H-].[Li+]. The van der Waals surface area contributed by atoms with Gasteiger partial charge < -0.3 is 1.43 Å². The Morgan fingerprint density at radius 3 is 1.86 bits per heavy atom. The van der Waals surface area contributed by atoms with Crippen molar-refractivity contribution in [2.24, 2.45) is 0 Å². The summed E-state index contributed by atoms with van der Waals surface area (Å²) in [7, 11) is -4.83. The van der Waals surface area contributed by atoms with Gasteiger partial charge in [0.05, 0.1) is 0 Å². The normalized spacial score (nSPS) is 10.0. The Kier molecular flexibility index (Phi) is 5.06. The van der Waals surface area contributed by atoms with Gasteiger partial charge in [0.15, 0.2) is 0 Å². The molecule has 0 radical (unpaired) electrons. The summed E-state index contributed by atoms with van der Waals surface area (Å²) in [6.45, 7) is 0. The van der Waals surface area contributed by atoms with Crippen molar-refractivity contribution in [1.29, 1.82) is 0 Å². The van der Waals surface area contributed by atoms with Gasteiger partial charge in [-0.15, -0.1) is 0 Å². The van der Waals surface area contributed by atoms with E-state index in [0.29, 0.717) is 0 Å². The second-order valence-corrected chi connectivity index (χ2v) is 1.47. The fourth-order valence-electron chi connectivity index (χ4n) is 0. The van der Waals surface area contributed by atoms with Crippen molar-refractivity contribution in [2.45, 2.75) is 0 Å². The van der Waals surface area contributed by atoms with Gasteiger partial charge in [-0.3, -0.25) is 4.55 Å². The second kappa shape index (κ2) is 3.41. The van der Waals surface area contributed by atoms with E-state index in [4.69, 9.17) is 13.0 Å². The quantitative estimate of drug-likeness (QED) is 0.295. The third-order valence-corrected chi connectivity index (χ3v) is 0.239. The van der Waals surface area contributed by atoms with E-state index in [-0.39, 0.29) is 20.3 Å². The van der Waals surface area contributed by atoms with Gasteiger partial charge in [0.1, 0.15) is 0 Å². The zero-order valence-corrected chi connectivity index (χ0v) is 4.27. The molecule has 0 rings (SSSR count). The van der Waals surface area contributed by atoms with Crippen LogP contribution in [0.1, 0.15) is 1.43 Å². The molecule has 0 amide bonds. The Morgan fingerprint density at radius 2 is 1.86 bits per heavy atom. The van der Waals surface area contributed by atoms with Crippen LogP contribution in [0.2, 0.25) is 0 Å². The molecule has 0 aliphatic carbocycles. The second-order valence-electron chi connectivity index (χ2n) is 0.491. The van der Waals surface area contributed by atoms with E-state index in [0.717, 1.165) is 0 Å². The van der Waals surface area contributed by atoms with Gasteiger partial charge >= 0.3 is 29.3 Å². The maximum atomic E-state index is 10.2. The maximum Gasteiger partial charge on any atom is 1.00 e. The summed E-state index contributed by atoms with van der Waals surface area (Å²) < 4.78 is 37.2. The van der Waals surface area contributed by atoms with E-state index in [2.05, 4.69) is 0 Å². The Morgan fingerprint density at radius 1 is 1.71 bits per heavy atom. The van der Waals surface area contributed by atoms with Gasteiger partial charge in [0.25, 0.3) is 0 Å². The third-order valence-electron chi connectivity index (χ3n) is 0.0796. The number of halogens is 1. The van der Waals surface area contributed by atoms with Gasteiger partial charge in [0, 0.05) is 0 Å². The minimum Gasteiger partial charge on any atom is -1.00 e. The van der Waals surface area contributed by atoms with Crippen LogP contribution in [-0.4, -0.2) is 13.0 Å². The summed E-state index contributed by atoms with van der Waals surface area (Å²) in [5, 5.41) is 0. The van der Waals surface area contributed by atoms with Crippen molar-refractivity contribution in [3.8, 4) is 0 Å². The van der Waals surface area contributed by atoms with Crippen LogP contribution in [0.15, 0.2) is 0 Å². The van der Waals surface area contributed by atoms with Crippen molar-refractivity contribution in [3.63, 3.8) is 0 Å². The van der Waals surface area contributed by atoms with Crippen LogP contribution in [0.5, 0.6) is 0 Å². The zero-order chi connectivity index (χ0) is 5.21. The first kappa shape index (κ1) is 10.4. The minimum absolute atomic E-state index is 0. The van der Waals surface area contributed by atoms with E-state index in [1.165, 1.54) is 0 Å². The minimum atomic E-state index is -4.83. The largest absolute Gasteiger partial charge is 1.00 e. The molecule has 0 saturated carbocycles. The van der Waals surface area contributed by atoms with E-state index < -0.39 is 10.4 Å². The average Bonchev–Trinajstić information content (AvgIpc) is 1.35. The molecule has 0 aromatic heterocycles. The first-order chi connectivity index (χ1) is 2.56. The molecule has 1 N–H and O–H groups in total. The summed E-state index contributed by atoms with van der Waals surface area (Å²) in [5.74, 6) is 0. The predicted octanol–water partition coefficient (Wildman–Crippen LogP) is -3.19. The maximum absolute atomic E-state index is 10.2. The predicted molar refractivity (Wildman–Crippen MR) is 14.9 cm³/mol. The van der Waals surface area contributed by atoms with Crippen LogP contribution in [0, 0.1) is 0 Å². The molecule has 0 bridgehead atoms. The van der Waals surface area contributed by atoms with Crippen LogP contribution in [0.3, 0.4) is 0 Å². The fourth-order valence-corrected chi connectivity index (χ4v) is 0. The molecule has 0 aliphatic heterocycles. The summed E-state index contributed by atoms with van der Waals surface area (Å²) in [5.41, 5.74) is 0. The Bertz CT molecular complexity index is 118. The molecule has 0 aromatic rings. The van der Waals surface area contributed by atoms with E-state index in [9.17, 15) is 4.53 Å². The van der Waals surface area contributed by atoms with Crippen molar-refractivity contribution in [1.82, 2.24) is 0 Å². The van der Waals surface area contributed by atoms with Crippen molar-refractivity contribution in [3.05, 3.63) is 0 Å². The van der Waals surface area contributed by atoms with Gasteiger partial charge in [-0.05, 0) is 8.91 Å². The monoisotopic (exact) mass is 124 g/mol. The molecule has 0 atom stereocenters. The molecule has 0 aliphatic rings. The summed E-state index contributed by atoms with van der Waals surface area (Å²) in [6, 6.07) is 0. The summed E-state index contributed by atoms with van der Waals surface area (Å²) >= 11 is 0. The Hall–Kier alpha value is 0.397. The van der Waals surface area contributed by atoms with Crippen LogP contribution in [0.25, 0.3) is 0 Å². The first-order valence-electron chi connectivity index (χ1n) is 0.837. The van der Waals surface area contributed by atoms with E-state index >= 15 is 0 Å². The number of hydrogen-bond acceptors (Lipinski definition) is 3. The van der Waals surface area contributed by atoms with Crippen LogP contribution in [-0.2, 0) is 14.8 Å². The standard InChI is InChI=1S/FHO4S.Li.H/c1-5-6(2,3)4;;/h(H,2,3,4);;/q;+1;-1. The van der Waals surface area contributed by atoms with Gasteiger partial charge in [0.2, 0.25) is 0 Å². The molecule has 40 valence electrons. The molecule has 7 heavy (non-hydrogen) atoms. The smallest absolute Gasteiger partial charge is 1.00 e. The number of rotatable bonds is 1. The molecule has 0 aromatic carbocycles.